The minimum atomic E-state index is -4.35. The zero-order valence-corrected chi connectivity index (χ0v) is 13.0. The van der Waals surface area contributed by atoms with E-state index in [1.807, 2.05) is 20.8 Å². The molecule has 0 aliphatic carbocycles. The molecule has 0 bridgehead atoms. The molecule has 0 saturated carbocycles. The number of rotatable bonds is 2. The topological polar surface area (TPSA) is 37.8 Å². The summed E-state index contributed by atoms with van der Waals surface area (Å²) in [6.07, 6.45) is -3.04. The van der Waals surface area contributed by atoms with Gasteiger partial charge in [-0.05, 0) is 29.7 Å². The molecule has 0 fully saturated rings. The molecule has 0 unspecified atom stereocenters. The normalized spacial score (nSPS) is 12.3. The average molecular weight is 330 g/mol. The molecule has 3 nitrogen and oxygen atoms in total. The smallest absolute Gasteiger partial charge is 0.340 e. The van der Waals surface area contributed by atoms with Crippen LogP contribution in [0, 0.1) is 0 Å². The van der Waals surface area contributed by atoms with Gasteiger partial charge in [-0.3, -0.25) is 0 Å². The van der Waals surface area contributed by atoms with Crippen LogP contribution < -0.4 is 5.32 Å². The first-order valence-corrected chi connectivity index (χ1v) is 6.92. The molecule has 2 rings (SSSR count). The van der Waals surface area contributed by atoms with Crippen LogP contribution in [0.2, 0.25) is 5.15 Å². The van der Waals surface area contributed by atoms with Crippen molar-refractivity contribution in [2.45, 2.75) is 32.4 Å². The van der Waals surface area contributed by atoms with E-state index in [2.05, 4.69) is 15.3 Å². The molecule has 22 heavy (non-hydrogen) atoms. The summed E-state index contributed by atoms with van der Waals surface area (Å²) in [4.78, 5) is 8.10. The average Bonchev–Trinajstić information content (AvgIpc) is 2.36. The van der Waals surface area contributed by atoms with Crippen molar-refractivity contribution in [1.29, 1.82) is 0 Å². The molecule has 0 spiro atoms. The molecule has 7 heteroatoms. The fourth-order valence-electron chi connectivity index (χ4n) is 2.00. The Hall–Kier alpha value is -1.82. The molecule has 0 aliphatic rings. The lowest BCUT2D eigenvalue weighted by Crippen LogP contribution is -2.16. The van der Waals surface area contributed by atoms with Gasteiger partial charge >= 0.3 is 6.18 Å². The van der Waals surface area contributed by atoms with Gasteiger partial charge in [0, 0.05) is 11.3 Å². The third-order valence-corrected chi connectivity index (χ3v) is 3.31. The van der Waals surface area contributed by atoms with Gasteiger partial charge in [0.25, 0.3) is 0 Å². The molecular formula is C15H15ClF3N3. The van der Waals surface area contributed by atoms with Gasteiger partial charge in [0.2, 0.25) is 0 Å². The van der Waals surface area contributed by atoms with Crippen LogP contribution in [0.25, 0.3) is 0 Å². The van der Waals surface area contributed by atoms with E-state index in [0.29, 0.717) is 22.2 Å². The Morgan fingerprint density at radius 2 is 1.59 bits per heavy atom. The molecule has 0 amide bonds. The molecule has 1 aromatic heterocycles. The molecule has 118 valence electrons. The van der Waals surface area contributed by atoms with Crippen molar-refractivity contribution in [2.24, 2.45) is 0 Å². The van der Waals surface area contributed by atoms with Gasteiger partial charge < -0.3 is 5.32 Å². The van der Waals surface area contributed by atoms with Crippen molar-refractivity contribution < 1.29 is 13.2 Å². The van der Waals surface area contributed by atoms with Crippen molar-refractivity contribution in [2.75, 3.05) is 5.32 Å². The van der Waals surface area contributed by atoms with E-state index in [9.17, 15) is 13.2 Å². The van der Waals surface area contributed by atoms with Gasteiger partial charge in [0.1, 0.15) is 17.3 Å². The van der Waals surface area contributed by atoms with Crippen LogP contribution in [0.15, 0.2) is 30.6 Å². The summed E-state index contributed by atoms with van der Waals surface area (Å²) in [6, 6.07) is 4.74. The van der Waals surface area contributed by atoms with Crippen molar-refractivity contribution in [1.82, 2.24) is 9.97 Å². The van der Waals surface area contributed by atoms with Crippen LogP contribution in [-0.2, 0) is 11.6 Å². The maximum absolute atomic E-state index is 12.6. The highest BCUT2D eigenvalue weighted by Gasteiger charge is 2.30. The van der Waals surface area contributed by atoms with E-state index in [0.717, 1.165) is 12.1 Å². The zero-order chi connectivity index (χ0) is 16.5. The largest absolute Gasteiger partial charge is 0.416 e. The van der Waals surface area contributed by atoms with Crippen molar-refractivity contribution in [3.8, 4) is 0 Å². The summed E-state index contributed by atoms with van der Waals surface area (Å²) in [6.45, 7) is 5.86. The fraction of sp³-hybridized carbons (Fsp3) is 0.333. The monoisotopic (exact) mass is 329 g/mol. The van der Waals surface area contributed by atoms with Gasteiger partial charge in [0.05, 0.1) is 5.56 Å². The second-order valence-corrected chi connectivity index (χ2v) is 6.20. The van der Waals surface area contributed by atoms with Crippen LogP contribution in [0.5, 0.6) is 0 Å². The highest BCUT2D eigenvalue weighted by Crippen LogP contribution is 2.35. The number of halogens is 4. The lowest BCUT2D eigenvalue weighted by molar-refractivity contribution is -0.137. The predicted octanol–water partition coefficient (Wildman–Crippen LogP) is 5.19. The Morgan fingerprint density at radius 3 is 2.09 bits per heavy atom. The maximum Gasteiger partial charge on any atom is 0.416 e. The number of anilines is 2. The Kier molecular flexibility index (Phi) is 4.33. The van der Waals surface area contributed by atoms with Crippen molar-refractivity contribution in [3.05, 3.63) is 46.9 Å². The molecule has 0 aliphatic heterocycles. The second-order valence-electron chi connectivity index (χ2n) is 5.84. The number of benzene rings is 1. The van der Waals surface area contributed by atoms with Crippen molar-refractivity contribution >= 4 is 23.1 Å². The first kappa shape index (κ1) is 16.5. The van der Waals surface area contributed by atoms with Crippen LogP contribution >= 0.6 is 11.6 Å². The first-order chi connectivity index (χ1) is 10.1. The van der Waals surface area contributed by atoms with Crippen molar-refractivity contribution in [3.63, 3.8) is 0 Å². The third kappa shape index (κ3) is 3.68. The molecule has 1 N–H and O–H groups in total. The van der Waals surface area contributed by atoms with Gasteiger partial charge in [0.15, 0.2) is 0 Å². The molecule has 0 radical (unpaired) electrons. The highest BCUT2D eigenvalue weighted by molar-refractivity contribution is 6.30. The van der Waals surface area contributed by atoms with Gasteiger partial charge in [-0.1, -0.05) is 32.4 Å². The maximum atomic E-state index is 12.6. The number of alkyl halides is 3. The van der Waals surface area contributed by atoms with Crippen LogP contribution in [-0.4, -0.2) is 9.97 Å². The van der Waals surface area contributed by atoms with Gasteiger partial charge in [-0.25, -0.2) is 9.97 Å². The minimum Gasteiger partial charge on any atom is -0.340 e. The minimum absolute atomic E-state index is 0.313. The summed E-state index contributed by atoms with van der Waals surface area (Å²) in [5.74, 6) is 0.479. The lowest BCUT2D eigenvalue weighted by atomic mass is 9.88. The standard InChI is InChI=1S/C15H15ClF3N3/c1-14(2,3)11-12(16)20-8-21-13(11)22-10-6-4-9(5-7-10)15(17,18)19/h4-8H,1-3H3,(H,20,21,22). The summed E-state index contributed by atoms with van der Waals surface area (Å²) < 4.78 is 37.7. The Balaban J connectivity index is 2.34. The SMILES string of the molecule is CC(C)(C)c1c(Cl)ncnc1Nc1ccc(C(F)(F)F)cc1. The number of aromatic nitrogens is 2. The molecular weight excluding hydrogens is 315 g/mol. The number of nitrogens with zero attached hydrogens (tertiary/aromatic N) is 2. The van der Waals surface area contributed by atoms with Crippen LogP contribution in [0.3, 0.4) is 0 Å². The van der Waals surface area contributed by atoms with Gasteiger partial charge in [-0.2, -0.15) is 13.2 Å². The second kappa shape index (κ2) is 5.76. The van der Waals surface area contributed by atoms with E-state index in [1.165, 1.54) is 18.5 Å². The fourth-order valence-corrected chi connectivity index (χ4v) is 2.42. The number of hydrogen-bond acceptors (Lipinski definition) is 3. The summed E-state index contributed by atoms with van der Waals surface area (Å²) in [5.41, 5.74) is 0.187. The predicted molar refractivity (Wildman–Crippen MR) is 80.5 cm³/mol. The number of nitrogens with one attached hydrogen (secondary N) is 1. The van der Waals surface area contributed by atoms with Crippen LogP contribution in [0.4, 0.5) is 24.7 Å². The van der Waals surface area contributed by atoms with E-state index < -0.39 is 11.7 Å². The molecule has 0 saturated heterocycles. The Morgan fingerprint density at radius 1 is 1.00 bits per heavy atom. The molecule has 1 heterocycles. The summed E-state index contributed by atoms with van der Waals surface area (Å²) in [5, 5.41) is 3.31. The first-order valence-electron chi connectivity index (χ1n) is 6.54. The molecule has 1 aromatic carbocycles. The summed E-state index contributed by atoms with van der Waals surface area (Å²) >= 11 is 6.13. The molecule has 2 aromatic rings. The molecule has 0 atom stereocenters. The Bertz CT molecular complexity index is 661. The van der Waals surface area contributed by atoms with E-state index in [-0.39, 0.29) is 5.41 Å². The number of hydrogen-bond donors (Lipinski definition) is 1. The zero-order valence-electron chi connectivity index (χ0n) is 12.3. The van der Waals surface area contributed by atoms with E-state index in [4.69, 9.17) is 11.6 Å². The third-order valence-electron chi connectivity index (χ3n) is 3.03. The van der Waals surface area contributed by atoms with E-state index >= 15 is 0 Å². The van der Waals surface area contributed by atoms with Gasteiger partial charge in [-0.15, -0.1) is 0 Å². The lowest BCUT2D eigenvalue weighted by Gasteiger charge is -2.23. The quantitative estimate of drug-likeness (QED) is 0.770. The highest BCUT2D eigenvalue weighted by atomic mass is 35.5. The Labute approximate surface area is 131 Å². The summed E-state index contributed by atoms with van der Waals surface area (Å²) in [7, 11) is 0. The van der Waals surface area contributed by atoms with Crippen LogP contribution in [0.1, 0.15) is 31.9 Å². The van der Waals surface area contributed by atoms with E-state index in [1.54, 1.807) is 0 Å².